The second kappa shape index (κ2) is 6.53. The molecule has 0 saturated heterocycles. The highest BCUT2D eigenvalue weighted by Crippen LogP contribution is 2.13. The van der Waals surface area contributed by atoms with Crippen molar-refractivity contribution in [3.8, 4) is 5.69 Å². The number of hydrogen-bond donors (Lipinski definition) is 3. The van der Waals surface area contributed by atoms with E-state index in [4.69, 9.17) is 0 Å². The van der Waals surface area contributed by atoms with E-state index in [1.54, 1.807) is 24.9 Å². The number of urea groups is 1. The van der Waals surface area contributed by atoms with E-state index in [9.17, 15) is 9.59 Å². The fraction of sp³-hybridized carbons (Fsp3) is 0.250. The molecular weight excluding hydrogens is 308 g/mol. The largest absolute Gasteiger partial charge is 0.348 e. The number of nitrogens with one attached hydrogen (secondary N) is 3. The van der Waals surface area contributed by atoms with Crippen molar-refractivity contribution in [3.05, 3.63) is 53.8 Å². The predicted octanol–water partition coefficient (Wildman–Crippen LogP) is 0.859. The third kappa shape index (κ3) is 3.27. The summed E-state index contributed by atoms with van der Waals surface area (Å²) < 4.78 is 1.66. The van der Waals surface area contributed by atoms with E-state index in [1.807, 2.05) is 24.3 Å². The molecule has 124 valence electrons. The van der Waals surface area contributed by atoms with Crippen LogP contribution < -0.4 is 16.0 Å². The maximum atomic E-state index is 12.4. The summed E-state index contributed by atoms with van der Waals surface area (Å²) in [5.41, 5.74) is 2.97. The van der Waals surface area contributed by atoms with Crippen molar-refractivity contribution in [2.24, 2.45) is 0 Å². The fourth-order valence-electron chi connectivity index (χ4n) is 2.62. The highest BCUT2D eigenvalue weighted by atomic mass is 16.2. The van der Waals surface area contributed by atoms with Crippen LogP contribution in [-0.2, 0) is 11.3 Å². The van der Waals surface area contributed by atoms with Crippen LogP contribution in [0.4, 0.5) is 4.79 Å². The van der Waals surface area contributed by atoms with Gasteiger partial charge in [-0.25, -0.2) is 14.5 Å². The molecule has 3 amide bonds. The third-order valence-electron chi connectivity index (χ3n) is 3.80. The topological polar surface area (TPSA) is 101 Å². The normalized spacial score (nSPS) is 17.2. The molecule has 0 radical (unpaired) electrons. The Kier molecular flexibility index (Phi) is 4.28. The Balaban J connectivity index is 1.64. The molecule has 0 aliphatic carbocycles. The van der Waals surface area contributed by atoms with Gasteiger partial charge in [0, 0.05) is 12.2 Å². The molecule has 3 rings (SSSR count). The molecule has 1 aromatic heterocycles. The standard InChI is InChI=1S/C16H18N6O2/c1-10-14(11(2)21-16(24)20-10)15(23)18-7-12-3-5-13(6-4-12)22-9-17-8-19-22/h3-6,8-10H,7H2,1-2H3,(H,18,23)(H2,20,21,24)/t10-/m1/s1. The van der Waals surface area contributed by atoms with Gasteiger partial charge in [0.05, 0.1) is 17.3 Å². The number of amides is 3. The monoisotopic (exact) mass is 326 g/mol. The smallest absolute Gasteiger partial charge is 0.319 e. The summed E-state index contributed by atoms with van der Waals surface area (Å²) in [6, 6.07) is 7.04. The van der Waals surface area contributed by atoms with E-state index < -0.39 is 0 Å². The van der Waals surface area contributed by atoms with E-state index in [0.717, 1.165) is 11.3 Å². The van der Waals surface area contributed by atoms with Gasteiger partial charge in [-0.1, -0.05) is 12.1 Å². The molecule has 2 aromatic rings. The molecule has 0 fully saturated rings. The number of carbonyl (C=O) groups excluding carboxylic acids is 2. The van der Waals surface area contributed by atoms with Crippen LogP contribution in [0.3, 0.4) is 0 Å². The molecule has 1 aliphatic rings. The van der Waals surface area contributed by atoms with E-state index >= 15 is 0 Å². The van der Waals surface area contributed by atoms with Gasteiger partial charge in [0.15, 0.2) is 0 Å². The zero-order chi connectivity index (χ0) is 17.1. The van der Waals surface area contributed by atoms with E-state index in [0.29, 0.717) is 17.8 Å². The molecule has 3 N–H and O–H groups in total. The summed E-state index contributed by atoms with van der Waals surface area (Å²) in [6.45, 7) is 3.90. The number of hydrogen-bond acceptors (Lipinski definition) is 4. The van der Waals surface area contributed by atoms with Gasteiger partial charge in [-0.2, -0.15) is 5.10 Å². The Morgan fingerprint density at radius 1 is 1.33 bits per heavy atom. The van der Waals surface area contributed by atoms with Gasteiger partial charge < -0.3 is 16.0 Å². The van der Waals surface area contributed by atoms with Gasteiger partial charge in [0.1, 0.15) is 12.7 Å². The fourth-order valence-corrected chi connectivity index (χ4v) is 2.62. The molecule has 1 aromatic carbocycles. The quantitative estimate of drug-likeness (QED) is 0.775. The minimum absolute atomic E-state index is 0.201. The lowest BCUT2D eigenvalue weighted by atomic mass is 10.0. The molecule has 24 heavy (non-hydrogen) atoms. The van der Waals surface area contributed by atoms with Crippen molar-refractivity contribution in [2.75, 3.05) is 0 Å². The van der Waals surface area contributed by atoms with Gasteiger partial charge in [0.2, 0.25) is 0 Å². The van der Waals surface area contributed by atoms with Crippen LogP contribution in [0.15, 0.2) is 48.2 Å². The first-order chi connectivity index (χ1) is 11.5. The molecule has 2 heterocycles. The molecular formula is C16H18N6O2. The van der Waals surface area contributed by atoms with Gasteiger partial charge in [0.25, 0.3) is 5.91 Å². The Hall–Kier alpha value is -3.16. The van der Waals surface area contributed by atoms with Crippen LogP contribution in [0.5, 0.6) is 0 Å². The lowest BCUT2D eigenvalue weighted by molar-refractivity contribution is -0.118. The van der Waals surface area contributed by atoms with E-state index in [1.165, 1.54) is 6.33 Å². The van der Waals surface area contributed by atoms with Crippen molar-refractivity contribution in [3.63, 3.8) is 0 Å². The molecule has 1 aliphatic heterocycles. The SMILES string of the molecule is CC1=C(C(=O)NCc2ccc(-n3cncn3)cc2)[C@@H](C)NC(=O)N1. The van der Waals surface area contributed by atoms with Crippen LogP contribution in [0.2, 0.25) is 0 Å². The molecule has 0 spiro atoms. The highest BCUT2D eigenvalue weighted by Gasteiger charge is 2.26. The first-order valence-corrected chi connectivity index (χ1v) is 7.55. The van der Waals surface area contributed by atoms with Gasteiger partial charge >= 0.3 is 6.03 Å². The van der Waals surface area contributed by atoms with E-state index in [-0.39, 0.29) is 18.0 Å². The number of nitrogens with zero attached hydrogens (tertiary/aromatic N) is 3. The van der Waals surface area contributed by atoms with Crippen molar-refractivity contribution >= 4 is 11.9 Å². The summed E-state index contributed by atoms with van der Waals surface area (Å²) in [5, 5.41) is 12.2. The zero-order valence-electron chi connectivity index (χ0n) is 13.4. The van der Waals surface area contributed by atoms with Crippen LogP contribution in [0.1, 0.15) is 19.4 Å². The first-order valence-electron chi connectivity index (χ1n) is 7.55. The average molecular weight is 326 g/mol. The number of carbonyl (C=O) groups is 2. The summed E-state index contributed by atoms with van der Waals surface area (Å²) >= 11 is 0. The minimum atomic E-state index is -0.326. The van der Waals surface area contributed by atoms with Gasteiger partial charge in [-0.3, -0.25) is 4.79 Å². The molecule has 8 nitrogen and oxygen atoms in total. The number of allylic oxidation sites excluding steroid dienone is 1. The molecule has 0 bridgehead atoms. The predicted molar refractivity (Wildman–Crippen MR) is 87.0 cm³/mol. The molecule has 1 atom stereocenters. The van der Waals surface area contributed by atoms with E-state index in [2.05, 4.69) is 26.0 Å². The van der Waals surface area contributed by atoms with Crippen molar-refractivity contribution in [2.45, 2.75) is 26.4 Å². The van der Waals surface area contributed by atoms with Crippen LogP contribution >= 0.6 is 0 Å². The third-order valence-corrected chi connectivity index (χ3v) is 3.80. The Morgan fingerprint density at radius 2 is 2.08 bits per heavy atom. The summed E-state index contributed by atoms with van der Waals surface area (Å²) in [7, 11) is 0. The van der Waals surface area contributed by atoms with Crippen molar-refractivity contribution in [1.29, 1.82) is 0 Å². The lowest BCUT2D eigenvalue weighted by Crippen LogP contribution is -2.50. The number of benzene rings is 1. The summed E-state index contributed by atoms with van der Waals surface area (Å²) in [6.07, 6.45) is 3.10. The maximum absolute atomic E-state index is 12.4. The van der Waals surface area contributed by atoms with Crippen LogP contribution in [-0.4, -0.2) is 32.7 Å². The molecule has 0 unspecified atom stereocenters. The number of rotatable bonds is 4. The first kappa shape index (κ1) is 15.7. The Bertz CT molecular complexity index is 779. The second-order valence-corrected chi connectivity index (χ2v) is 5.55. The zero-order valence-corrected chi connectivity index (χ0v) is 13.4. The van der Waals surface area contributed by atoms with Crippen molar-refractivity contribution < 1.29 is 9.59 Å². The molecule has 8 heteroatoms. The molecule has 0 saturated carbocycles. The van der Waals surface area contributed by atoms with Crippen molar-refractivity contribution in [1.82, 2.24) is 30.7 Å². The number of aromatic nitrogens is 3. The Morgan fingerprint density at radius 3 is 2.71 bits per heavy atom. The highest BCUT2D eigenvalue weighted by molar-refractivity contribution is 5.98. The summed E-state index contributed by atoms with van der Waals surface area (Å²) in [4.78, 5) is 27.6. The average Bonchev–Trinajstić information content (AvgIpc) is 3.07. The maximum Gasteiger partial charge on any atom is 0.319 e. The minimum Gasteiger partial charge on any atom is -0.348 e. The lowest BCUT2D eigenvalue weighted by Gasteiger charge is -2.25. The Labute approximate surface area is 139 Å². The second-order valence-electron chi connectivity index (χ2n) is 5.55. The van der Waals surface area contributed by atoms with Crippen LogP contribution in [0.25, 0.3) is 5.69 Å². The van der Waals surface area contributed by atoms with Gasteiger partial charge in [-0.15, -0.1) is 0 Å². The van der Waals surface area contributed by atoms with Gasteiger partial charge in [-0.05, 0) is 31.5 Å². The van der Waals surface area contributed by atoms with Crippen LogP contribution in [0, 0.1) is 0 Å². The summed E-state index contributed by atoms with van der Waals surface area (Å²) in [5.74, 6) is -0.201.